The first-order chi connectivity index (χ1) is 9.40. The topological polar surface area (TPSA) is 125 Å². The van der Waals surface area contributed by atoms with E-state index in [2.05, 4.69) is 5.32 Å². The molecule has 1 aromatic rings. The van der Waals surface area contributed by atoms with E-state index >= 15 is 0 Å². The number of anilines is 1. The van der Waals surface area contributed by atoms with Gasteiger partial charge < -0.3 is 25.4 Å². The van der Waals surface area contributed by atoms with E-state index in [0.29, 0.717) is 5.69 Å². The zero-order valence-electron chi connectivity index (χ0n) is 10.1. The normalized spacial score (nSPS) is 30.0. The van der Waals surface area contributed by atoms with Gasteiger partial charge in [0.1, 0.15) is 23.3 Å². The number of aliphatic hydroxyl groups is 3. The number of ether oxygens (including phenoxy) is 1. The third kappa shape index (κ3) is 3.00. The maximum absolute atomic E-state index is 10.8. The zero-order chi connectivity index (χ0) is 14.9. The van der Waals surface area contributed by atoms with E-state index in [9.17, 15) is 25.4 Å². The van der Waals surface area contributed by atoms with Crippen molar-refractivity contribution in [1.29, 1.82) is 0 Å². The fraction of sp³-hybridized carbons (Fsp3) is 0.455. The summed E-state index contributed by atoms with van der Waals surface area (Å²) >= 11 is 5.68. The van der Waals surface area contributed by atoms with Crippen LogP contribution in [-0.2, 0) is 4.74 Å². The fourth-order valence-electron chi connectivity index (χ4n) is 1.84. The predicted molar refractivity (Wildman–Crippen MR) is 69.5 cm³/mol. The van der Waals surface area contributed by atoms with Crippen LogP contribution in [0.4, 0.5) is 11.4 Å². The lowest BCUT2D eigenvalue weighted by molar-refractivity contribution is -0.384. The van der Waals surface area contributed by atoms with Gasteiger partial charge in [0.25, 0.3) is 5.69 Å². The Kier molecular flexibility index (Phi) is 4.41. The maximum atomic E-state index is 10.8. The number of hydrogen-bond donors (Lipinski definition) is 4. The average molecular weight is 305 g/mol. The van der Waals surface area contributed by atoms with E-state index in [4.69, 9.17) is 16.3 Å². The number of nitro groups is 1. The van der Waals surface area contributed by atoms with Crippen LogP contribution in [0.3, 0.4) is 0 Å². The highest BCUT2D eigenvalue weighted by atomic mass is 35.5. The molecule has 1 aliphatic rings. The molecule has 0 aliphatic carbocycles. The van der Waals surface area contributed by atoms with Gasteiger partial charge in [-0.15, -0.1) is 0 Å². The van der Waals surface area contributed by atoms with Crippen LogP contribution < -0.4 is 5.32 Å². The van der Waals surface area contributed by atoms with Gasteiger partial charge in [0.2, 0.25) is 0 Å². The van der Waals surface area contributed by atoms with Crippen molar-refractivity contribution in [2.24, 2.45) is 0 Å². The summed E-state index contributed by atoms with van der Waals surface area (Å²) in [6, 6.07) is 4.00. The first kappa shape index (κ1) is 14.9. The summed E-state index contributed by atoms with van der Waals surface area (Å²) in [5, 5.41) is 42.0. The summed E-state index contributed by atoms with van der Waals surface area (Å²) < 4.78 is 5.13. The van der Waals surface area contributed by atoms with Crippen molar-refractivity contribution in [2.75, 3.05) is 11.9 Å². The number of halogens is 1. The molecule has 1 heterocycles. The van der Waals surface area contributed by atoms with Gasteiger partial charge in [-0.1, -0.05) is 11.6 Å². The van der Waals surface area contributed by atoms with Crippen LogP contribution in [0.2, 0.25) is 5.02 Å². The Morgan fingerprint density at radius 1 is 1.35 bits per heavy atom. The van der Waals surface area contributed by atoms with Gasteiger partial charge in [-0.2, -0.15) is 0 Å². The van der Waals surface area contributed by atoms with Crippen molar-refractivity contribution >= 4 is 23.0 Å². The third-order valence-electron chi connectivity index (χ3n) is 2.95. The molecule has 2 rings (SSSR count). The first-order valence-corrected chi connectivity index (χ1v) is 6.14. The van der Waals surface area contributed by atoms with Crippen LogP contribution >= 0.6 is 11.6 Å². The molecule has 20 heavy (non-hydrogen) atoms. The molecule has 0 amide bonds. The molecule has 9 heteroatoms. The van der Waals surface area contributed by atoms with Crippen LogP contribution in [0, 0.1) is 10.1 Å². The predicted octanol–water partition coefficient (Wildman–Crippen LogP) is 0.0991. The van der Waals surface area contributed by atoms with Gasteiger partial charge in [0, 0.05) is 11.8 Å². The molecule has 0 radical (unpaired) electrons. The Bertz CT molecular complexity index is 514. The van der Waals surface area contributed by atoms with Gasteiger partial charge in [0.15, 0.2) is 6.23 Å². The highest BCUT2D eigenvalue weighted by Gasteiger charge is 2.37. The zero-order valence-corrected chi connectivity index (χ0v) is 10.9. The molecule has 1 aliphatic heterocycles. The van der Waals surface area contributed by atoms with Gasteiger partial charge in [-0.25, -0.2) is 0 Å². The molecule has 8 nitrogen and oxygen atoms in total. The molecule has 0 saturated carbocycles. The molecule has 4 atom stereocenters. The summed E-state index contributed by atoms with van der Waals surface area (Å²) in [6.07, 6.45) is -4.89. The molecule has 0 unspecified atom stereocenters. The number of nitro benzene ring substituents is 1. The quantitative estimate of drug-likeness (QED) is 0.461. The molecule has 0 bridgehead atoms. The van der Waals surface area contributed by atoms with Gasteiger partial charge >= 0.3 is 0 Å². The van der Waals surface area contributed by atoms with Crippen LogP contribution in [0.25, 0.3) is 0 Å². The summed E-state index contributed by atoms with van der Waals surface area (Å²) in [5.74, 6) is 0. The van der Waals surface area contributed by atoms with E-state index in [1.54, 1.807) is 0 Å². The number of nitrogens with zero attached hydrogens (tertiary/aromatic N) is 1. The van der Waals surface area contributed by atoms with Gasteiger partial charge in [0.05, 0.1) is 11.5 Å². The molecule has 110 valence electrons. The Labute approximate surface area is 118 Å². The van der Waals surface area contributed by atoms with Crippen LogP contribution in [0.15, 0.2) is 18.2 Å². The van der Waals surface area contributed by atoms with Crippen molar-refractivity contribution in [3.8, 4) is 0 Å². The lowest BCUT2D eigenvalue weighted by Gasteiger charge is -2.35. The number of hydrogen-bond acceptors (Lipinski definition) is 7. The number of benzene rings is 1. The average Bonchev–Trinajstić information content (AvgIpc) is 2.41. The minimum atomic E-state index is -1.37. The van der Waals surface area contributed by atoms with Gasteiger partial charge in [-0.05, 0) is 12.1 Å². The number of aliphatic hydroxyl groups excluding tert-OH is 3. The minimum absolute atomic E-state index is 0.0129. The minimum Gasteiger partial charge on any atom is -0.388 e. The smallest absolute Gasteiger partial charge is 0.289 e. The molecule has 0 spiro atoms. The monoisotopic (exact) mass is 304 g/mol. The van der Waals surface area contributed by atoms with Crippen molar-refractivity contribution in [3.05, 3.63) is 33.3 Å². The van der Waals surface area contributed by atoms with Crippen molar-refractivity contribution in [3.63, 3.8) is 0 Å². The Morgan fingerprint density at radius 2 is 2.05 bits per heavy atom. The largest absolute Gasteiger partial charge is 0.388 e. The fourth-order valence-corrected chi connectivity index (χ4v) is 2.03. The molecule has 1 saturated heterocycles. The highest BCUT2D eigenvalue weighted by Crippen LogP contribution is 2.28. The van der Waals surface area contributed by atoms with Crippen LogP contribution in [0.5, 0.6) is 0 Å². The van der Waals surface area contributed by atoms with Crippen LogP contribution in [0.1, 0.15) is 0 Å². The second-order valence-corrected chi connectivity index (χ2v) is 4.78. The Hall–Kier alpha value is -1.45. The SMILES string of the molecule is O=[N+]([O-])c1cc(N[C@@H]2OC[C@H](O)[C@H](O)[C@@H]2O)ccc1Cl. The molecule has 1 aromatic carbocycles. The molecular weight excluding hydrogens is 292 g/mol. The van der Waals surface area contributed by atoms with E-state index in [1.807, 2.05) is 0 Å². The summed E-state index contributed by atoms with van der Waals surface area (Å²) in [6.45, 7) is -0.161. The standard InChI is InChI=1S/C11H13ClN2O6/c12-6-2-1-5(3-7(6)14(18)19)13-11-10(17)9(16)8(15)4-20-11/h1-3,8-11,13,15-17H,4H2/t8-,9-,10-,11+/m0/s1. The van der Waals surface area contributed by atoms with Crippen molar-refractivity contribution in [1.82, 2.24) is 0 Å². The summed E-state index contributed by atoms with van der Waals surface area (Å²) in [4.78, 5) is 10.1. The summed E-state index contributed by atoms with van der Waals surface area (Å²) in [7, 11) is 0. The highest BCUT2D eigenvalue weighted by molar-refractivity contribution is 6.32. The van der Waals surface area contributed by atoms with E-state index < -0.39 is 29.5 Å². The first-order valence-electron chi connectivity index (χ1n) is 5.76. The molecule has 0 aromatic heterocycles. The van der Waals surface area contributed by atoms with Gasteiger partial charge in [-0.3, -0.25) is 10.1 Å². The van der Waals surface area contributed by atoms with E-state index in [0.717, 1.165) is 0 Å². The molecule has 1 fully saturated rings. The van der Waals surface area contributed by atoms with E-state index in [1.165, 1.54) is 18.2 Å². The molecular formula is C11H13ClN2O6. The van der Waals surface area contributed by atoms with Crippen molar-refractivity contribution < 1.29 is 25.0 Å². The lowest BCUT2D eigenvalue weighted by atomic mass is 10.0. The summed E-state index contributed by atoms with van der Waals surface area (Å²) in [5.41, 5.74) is 0.0105. The number of nitrogens with one attached hydrogen (secondary N) is 1. The maximum Gasteiger partial charge on any atom is 0.289 e. The van der Waals surface area contributed by atoms with Crippen LogP contribution in [-0.4, -0.2) is 51.4 Å². The van der Waals surface area contributed by atoms with Crippen molar-refractivity contribution in [2.45, 2.75) is 24.5 Å². The molecule has 4 N–H and O–H groups in total. The number of rotatable bonds is 3. The van der Waals surface area contributed by atoms with E-state index in [-0.39, 0.29) is 17.3 Å². The Morgan fingerprint density at radius 3 is 2.70 bits per heavy atom. The third-order valence-corrected chi connectivity index (χ3v) is 3.27. The second kappa shape index (κ2) is 5.90. The Balaban J connectivity index is 2.14. The lowest BCUT2D eigenvalue weighted by Crippen LogP contribution is -2.55. The second-order valence-electron chi connectivity index (χ2n) is 4.37.